The average Bonchev–Trinajstić information content (AvgIpc) is 3.92. The zero-order chi connectivity index (χ0) is 32.0. The van der Waals surface area contributed by atoms with Gasteiger partial charge in [-0.1, -0.05) is 0 Å². The van der Waals surface area contributed by atoms with Crippen molar-refractivity contribution >= 4 is 33.1 Å². The van der Waals surface area contributed by atoms with E-state index in [1.54, 1.807) is 0 Å². The molecule has 6 aromatic heterocycles. The minimum absolute atomic E-state index is 0.702. The summed E-state index contributed by atoms with van der Waals surface area (Å²) < 4.78 is 0. The fourth-order valence-electron chi connectivity index (χ4n) is 7.57. The molecule has 3 atom stereocenters. The van der Waals surface area contributed by atoms with E-state index in [0.29, 0.717) is 6.04 Å². The number of fused-ring (bicyclic) bond motifs is 3. The highest BCUT2D eigenvalue weighted by atomic mass is 15.1. The fourth-order valence-corrected chi connectivity index (χ4v) is 7.57. The number of aromatic nitrogens is 6. The largest absolute Gasteiger partial charge is 0.343 e. The second kappa shape index (κ2) is 14.8. The molecule has 2 unspecified atom stereocenters. The third-order valence-electron chi connectivity index (χ3n) is 10.1. The molecule has 246 valence electrons. The Morgan fingerprint density at radius 3 is 1.66 bits per heavy atom. The molecule has 0 aliphatic carbocycles. The van der Waals surface area contributed by atoms with Crippen LogP contribution in [0, 0.1) is 11.8 Å². The maximum atomic E-state index is 4.33. The fraction of sp³-hybridized carbons (Fsp3) is 0.447. The number of likely N-dealkylation sites (N-methyl/N-ethyl adjacent to an activating group) is 1. The third-order valence-corrected chi connectivity index (χ3v) is 10.1. The van der Waals surface area contributed by atoms with Gasteiger partial charge in [0.2, 0.25) is 0 Å². The van der Waals surface area contributed by atoms with E-state index in [4.69, 9.17) is 0 Å². The molecule has 9 rings (SSSR count). The molecule has 9 nitrogen and oxygen atoms in total. The van der Waals surface area contributed by atoms with Crippen molar-refractivity contribution in [1.82, 2.24) is 45.0 Å². The highest BCUT2D eigenvalue weighted by molar-refractivity contribution is 5.77. The molecule has 6 aromatic rings. The first-order chi connectivity index (χ1) is 23.1. The lowest BCUT2D eigenvalue weighted by Crippen LogP contribution is -2.26. The summed E-state index contributed by atoms with van der Waals surface area (Å²) in [6, 6.07) is 19.7. The van der Waals surface area contributed by atoms with Gasteiger partial charge in [-0.2, -0.15) is 0 Å². The van der Waals surface area contributed by atoms with Gasteiger partial charge >= 0.3 is 0 Å². The van der Waals surface area contributed by atoms with Crippen LogP contribution in [0.3, 0.4) is 0 Å². The van der Waals surface area contributed by atoms with E-state index in [9.17, 15) is 0 Å². The van der Waals surface area contributed by atoms with Gasteiger partial charge in [-0.05, 0) is 145 Å². The molecule has 9 heteroatoms. The maximum Gasteiger partial charge on any atom is 0.137 e. The zero-order valence-electron chi connectivity index (χ0n) is 27.9. The predicted molar refractivity (Wildman–Crippen MR) is 192 cm³/mol. The van der Waals surface area contributed by atoms with Crippen LogP contribution in [0.1, 0.15) is 42.8 Å². The predicted octanol–water partition coefficient (Wildman–Crippen LogP) is 5.97. The van der Waals surface area contributed by atoms with Crippen LogP contribution in [0.5, 0.6) is 0 Å². The molecule has 3 fully saturated rings. The van der Waals surface area contributed by atoms with Crippen LogP contribution in [0.25, 0.3) is 33.1 Å². The van der Waals surface area contributed by atoms with Crippen LogP contribution in [-0.2, 0) is 19.3 Å². The number of nitrogens with one attached hydrogen (secondary N) is 4. The van der Waals surface area contributed by atoms with Gasteiger partial charge in [0.25, 0.3) is 0 Å². The van der Waals surface area contributed by atoms with E-state index in [2.05, 4.69) is 95.5 Å². The van der Waals surface area contributed by atoms with E-state index >= 15 is 0 Å². The first-order valence-corrected chi connectivity index (χ1v) is 17.4. The zero-order valence-corrected chi connectivity index (χ0v) is 27.9. The topological polar surface area (TPSA) is 105 Å². The van der Waals surface area contributed by atoms with Crippen LogP contribution in [0.2, 0.25) is 0 Å². The van der Waals surface area contributed by atoms with Gasteiger partial charge in [-0.25, -0.2) is 15.0 Å². The molecule has 9 heterocycles. The molecule has 3 saturated heterocycles. The van der Waals surface area contributed by atoms with Crippen molar-refractivity contribution in [3.8, 4) is 0 Å². The molecule has 3 aliphatic heterocycles. The lowest BCUT2D eigenvalue weighted by molar-refractivity contribution is 0.308. The second-order valence-corrected chi connectivity index (χ2v) is 13.9. The molecular weight excluding hydrogens is 582 g/mol. The summed E-state index contributed by atoms with van der Waals surface area (Å²) in [5.74, 6) is 1.59. The summed E-state index contributed by atoms with van der Waals surface area (Å²) in [6.45, 7) is 6.03. The Balaban J connectivity index is 0.000000112. The van der Waals surface area contributed by atoms with E-state index in [0.717, 1.165) is 54.6 Å². The number of hydrogen-bond donors (Lipinski definition) is 4. The number of likely N-dealkylation sites (tertiary alicyclic amines) is 2. The Labute approximate surface area is 277 Å². The molecular formula is C38H49N9. The number of H-pyrrole nitrogens is 3. The summed E-state index contributed by atoms with van der Waals surface area (Å²) in [5, 5.41) is 7.06. The number of rotatable bonds is 6. The second-order valence-electron chi connectivity index (χ2n) is 13.9. The Morgan fingerprint density at radius 1 is 0.660 bits per heavy atom. The van der Waals surface area contributed by atoms with Gasteiger partial charge in [-0.3, -0.25) is 0 Å². The van der Waals surface area contributed by atoms with Crippen molar-refractivity contribution in [2.24, 2.45) is 11.8 Å². The number of pyridine rings is 3. The monoisotopic (exact) mass is 631 g/mol. The summed E-state index contributed by atoms with van der Waals surface area (Å²) in [4.78, 5) is 28.0. The first kappa shape index (κ1) is 31.5. The smallest absolute Gasteiger partial charge is 0.137 e. The van der Waals surface area contributed by atoms with Gasteiger partial charge < -0.3 is 30.1 Å². The van der Waals surface area contributed by atoms with Crippen LogP contribution >= 0.6 is 0 Å². The normalized spacial score (nSPS) is 21.7. The van der Waals surface area contributed by atoms with Gasteiger partial charge in [-0.15, -0.1) is 0 Å². The minimum Gasteiger partial charge on any atom is -0.343 e. The van der Waals surface area contributed by atoms with Crippen LogP contribution in [0.15, 0.2) is 73.2 Å². The summed E-state index contributed by atoms with van der Waals surface area (Å²) in [7, 11) is 4.42. The van der Waals surface area contributed by atoms with Crippen molar-refractivity contribution in [1.29, 1.82) is 0 Å². The number of aromatic amines is 3. The summed E-state index contributed by atoms with van der Waals surface area (Å²) in [6.07, 6.45) is 14.2. The number of nitrogens with zero attached hydrogens (tertiary/aromatic N) is 5. The van der Waals surface area contributed by atoms with Crippen molar-refractivity contribution in [2.75, 3.05) is 46.8 Å². The Hall–Kier alpha value is -4.05. The first-order valence-electron chi connectivity index (χ1n) is 17.4. The molecule has 3 aliphatic rings. The molecule has 0 radical (unpaired) electrons. The van der Waals surface area contributed by atoms with Gasteiger partial charge in [0.1, 0.15) is 16.9 Å². The highest BCUT2D eigenvalue weighted by Crippen LogP contribution is 2.23. The van der Waals surface area contributed by atoms with Crippen LogP contribution in [-0.4, -0.2) is 92.6 Å². The molecule has 4 N–H and O–H groups in total. The van der Waals surface area contributed by atoms with Crippen molar-refractivity contribution in [3.63, 3.8) is 0 Å². The molecule has 47 heavy (non-hydrogen) atoms. The Morgan fingerprint density at radius 2 is 1.21 bits per heavy atom. The average molecular weight is 632 g/mol. The third kappa shape index (κ3) is 8.09. The molecule has 0 saturated carbocycles. The molecule has 0 aromatic carbocycles. The van der Waals surface area contributed by atoms with E-state index in [1.807, 2.05) is 36.8 Å². The van der Waals surface area contributed by atoms with Crippen LogP contribution < -0.4 is 5.32 Å². The Bertz CT molecular complexity index is 1760. The lowest BCUT2D eigenvalue weighted by atomic mass is 10.0. The standard InChI is InChI=1S/2C13H17N3.C12H15N3/c1-16-7-3-5-12(16)9-11-8-10-4-2-6-14-13(10)15-11;1-16-6-4-10(9-16)7-12-8-11-3-2-5-14-13(11)15-12;1-2-10-7-11(15-12(10)14-4-1)6-9-3-5-13-8-9/h2,4,6,8,12H,3,5,7,9H2,1H3,(H,14,15);2-3,5,8,10H,4,6-7,9H2,1H3,(H,14,15);1-2,4,7,9,13H,3,5-6,8H2,(H,14,15)/t12-;;/m1../s1. The maximum absolute atomic E-state index is 4.33. The minimum atomic E-state index is 0.702. The highest BCUT2D eigenvalue weighted by Gasteiger charge is 2.22. The lowest BCUT2D eigenvalue weighted by Gasteiger charge is -2.18. The van der Waals surface area contributed by atoms with Gasteiger partial charge in [0, 0.05) is 70.8 Å². The van der Waals surface area contributed by atoms with Crippen LogP contribution in [0.4, 0.5) is 0 Å². The molecule has 0 spiro atoms. The SMILES string of the molecule is CN1CCC(Cc2cc3cccnc3[nH]2)C1.CN1CCC[C@@H]1Cc1cc2cccnc2[nH]1.c1cnc2[nH]c(CC3CCNC3)cc2c1. The van der Waals surface area contributed by atoms with Gasteiger partial charge in [0.15, 0.2) is 0 Å². The van der Waals surface area contributed by atoms with Gasteiger partial charge in [0.05, 0.1) is 0 Å². The van der Waals surface area contributed by atoms with Crippen molar-refractivity contribution in [3.05, 3.63) is 90.3 Å². The molecule has 0 amide bonds. The summed E-state index contributed by atoms with van der Waals surface area (Å²) in [5.41, 5.74) is 7.00. The van der Waals surface area contributed by atoms with Crippen molar-refractivity contribution < 1.29 is 0 Å². The van der Waals surface area contributed by atoms with E-state index in [-0.39, 0.29) is 0 Å². The van der Waals surface area contributed by atoms with E-state index < -0.39 is 0 Å². The number of hydrogen-bond acceptors (Lipinski definition) is 6. The molecule has 0 bridgehead atoms. The Kier molecular flexibility index (Phi) is 9.93. The van der Waals surface area contributed by atoms with Crippen molar-refractivity contribution in [2.45, 2.75) is 51.0 Å². The quantitative estimate of drug-likeness (QED) is 0.181. The summed E-state index contributed by atoms with van der Waals surface area (Å²) >= 11 is 0. The van der Waals surface area contributed by atoms with E-state index in [1.165, 1.54) is 85.1 Å².